The molecule has 0 unspecified atom stereocenters. The molecule has 312 valence electrons. The Morgan fingerprint density at radius 3 is 1.13 bits per heavy atom. The molecule has 0 saturated carbocycles. The van der Waals surface area contributed by atoms with Gasteiger partial charge in [-0.2, -0.15) is 0 Å². The van der Waals surface area contributed by atoms with Crippen molar-refractivity contribution in [3.8, 4) is 100 Å². The fourth-order valence-corrected chi connectivity index (χ4v) is 12.3. The zero-order valence-corrected chi connectivity index (χ0v) is 37.1. The smallest absolute Gasteiger partial charge is 0.000741 e. The van der Waals surface area contributed by atoms with Crippen molar-refractivity contribution in [2.75, 3.05) is 0 Å². The first-order valence-corrected chi connectivity index (χ1v) is 23.7. The summed E-state index contributed by atoms with van der Waals surface area (Å²) >= 11 is 0. The fourth-order valence-electron chi connectivity index (χ4n) is 12.3. The maximum atomic E-state index is 2.43. The van der Waals surface area contributed by atoms with Crippen LogP contribution in [0.15, 0.2) is 243 Å². The summed E-state index contributed by atoms with van der Waals surface area (Å²) in [5.74, 6) is 0. The van der Waals surface area contributed by atoms with Crippen LogP contribution >= 0.6 is 0 Å². The van der Waals surface area contributed by atoms with Crippen LogP contribution in [-0.2, 0) is 0 Å². The first-order valence-electron chi connectivity index (χ1n) is 23.7. The van der Waals surface area contributed by atoms with Gasteiger partial charge in [-0.25, -0.2) is 0 Å². The number of benzene rings is 13. The first-order chi connectivity index (χ1) is 33.8. The lowest BCUT2D eigenvalue weighted by atomic mass is 9.82. The third-order valence-electron chi connectivity index (χ3n) is 15.1. The number of hydrogen-bond donors (Lipinski definition) is 0. The van der Waals surface area contributed by atoms with E-state index in [1.165, 1.54) is 154 Å². The molecular weight excluding hydrogens is 817 g/mol. The van der Waals surface area contributed by atoms with Gasteiger partial charge >= 0.3 is 0 Å². The van der Waals surface area contributed by atoms with Crippen molar-refractivity contribution in [1.29, 1.82) is 0 Å². The normalized spacial score (nSPS) is 12.1. The van der Waals surface area contributed by atoms with Crippen LogP contribution in [0.3, 0.4) is 0 Å². The van der Waals surface area contributed by atoms with Crippen LogP contribution in [0.2, 0.25) is 0 Å². The third-order valence-corrected chi connectivity index (χ3v) is 15.1. The molecule has 0 saturated heterocycles. The second kappa shape index (κ2) is 14.3. The van der Waals surface area contributed by atoms with E-state index in [9.17, 15) is 0 Å². The van der Waals surface area contributed by atoms with Crippen LogP contribution in [0.25, 0.3) is 154 Å². The van der Waals surface area contributed by atoms with Crippen molar-refractivity contribution in [2.45, 2.75) is 0 Å². The van der Waals surface area contributed by atoms with Gasteiger partial charge in [-0.3, -0.25) is 0 Å². The number of hydrogen-bond acceptors (Lipinski definition) is 0. The average molecular weight is 857 g/mol. The Labute approximate surface area is 394 Å². The molecule has 68 heavy (non-hydrogen) atoms. The molecule has 0 atom stereocenters. The molecule has 0 spiro atoms. The maximum absolute atomic E-state index is 2.43. The van der Waals surface area contributed by atoms with Gasteiger partial charge in [-0.1, -0.05) is 231 Å². The number of fused-ring (bicyclic) bond motifs is 9. The molecule has 2 aliphatic carbocycles. The summed E-state index contributed by atoms with van der Waals surface area (Å²) in [4.78, 5) is 0. The molecule has 15 rings (SSSR count). The largest absolute Gasteiger partial charge is 0.0622 e. The molecule has 0 bridgehead atoms. The molecule has 13 aromatic carbocycles. The van der Waals surface area contributed by atoms with Crippen LogP contribution in [0.1, 0.15) is 0 Å². The van der Waals surface area contributed by atoms with Crippen LogP contribution in [0.4, 0.5) is 0 Å². The highest BCUT2D eigenvalue weighted by Crippen LogP contribution is 2.60. The molecule has 0 heterocycles. The monoisotopic (exact) mass is 856 g/mol. The van der Waals surface area contributed by atoms with Crippen molar-refractivity contribution >= 4 is 53.9 Å². The van der Waals surface area contributed by atoms with E-state index in [4.69, 9.17) is 0 Å². The van der Waals surface area contributed by atoms with Gasteiger partial charge in [0.1, 0.15) is 0 Å². The Bertz CT molecular complexity index is 4290. The van der Waals surface area contributed by atoms with Gasteiger partial charge in [0.05, 0.1) is 0 Å². The molecular formula is C68H40. The van der Waals surface area contributed by atoms with Crippen LogP contribution in [0.5, 0.6) is 0 Å². The van der Waals surface area contributed by atoms with Crippen LogP contribution in [0, 0.1) is 0 Å². The molecule has 13 aromatic rings. The van der Waals surface area contributed by atoms with Gasteiger partial charge in [-0.05, 0) is 166 Å². The summed E-state index contributed by atoms with van der Waals surface area (Å²) in [6.45, 7) is 0. The van der Waals surface area contributed by atoms with E-state index in [0.717, 1.165) is 0 Å². The van der Waals surface area contributed by atoms with E-state index in [1.807, 2.05) is 0 Å². The molecule has 0 amide bonds. The minimum atomic E-state index is 1.23. The second-order valence-corrected chi connectivity index (χ2v) is 18.6. The van der Waals surface area contributed by atoms with E-state index >= 15 is 0 Å². The zero-order valence-electron chi connectivity index (χ0n) is 37.1. The predicted octanol–water partition coefficient (Wildman–Crippen LogP) is 19.1. The van der Waals surface area contributed by atoms with Crippen LogP contribution in [-0.4, -0.2) is 0 Å². The number of rotatable bonds is 5. The summed E-state index contributed by atoms with van der Waals surface area (Å²) < 4.78 is 0. The van der Waals surface area contributed by atoms with Crippen molar-refractivity contribution in [2.24, 2.45) is 0 Å². The quantitative estimate of drug-likeness (QED) is 0.162. The standard InChI is InChI=1S/C68H40/c1-3-17-43(18-4-1)49-33-34-50(47-31-29-41-15-7-9-21-45(41)39-47)66-59-37-35-51(53-25-13-27-57(63(53)59)65(49)66)52-36-38-60-64-54(52)26-14-28-58(64)67-61(44-19-5-2-6-20-44)55-23-11-12-24-56(55)62(68(60)67)48-32-30-42-16-8-10-22-46(42)40-48/h1-40H. The van der Waals surface area contributed by atoms with Crippen molar-refractivity contribution in [1.82, 2.24) is 0 Å². The van der Waals surface area contributed by atoms with Crippen molar-refractivity contribution < 1.29 is 0 Å². The SMILES string of the molecule is c1ccc(-c2ccc(-c3ccc4ccccc4c3)c3c2-c2cccc4c(-c5ccc6c7c(cccc57)-c5c-6c(-c6ccc7ccccc7c6)c6ccccc6c5-c5ccccc5)ccc-3c24)cc1. The first kappa shape index (κ1) is 37.4. The van der Waals surface area contributed by atoms with E-state index < -0.39 is 0 Å². The lowest BCUT2D eigenvalue weighted by Gasteiger charge is -2.20. The summed E-state index contributed by atoms with van der Waals surface area (Å²) in [5.41, 5.74) is 23.1. The molecule has 0 heteroatoms. The maximum Gasteiger partial charge on any atom is -0.000741 e. The van der Waals surface area contributed by atoms with E-state index in [2.05, 4.69) is 243 Å². The topological polar surface area (TPSA) is 0 Å². The molecule has 0 N–H and O–H groups in total. The highest BCUT2D eigenvalue weighted by molar-refractivity contribution is 6.30. The third kappa shape index (κ3) is 5.26. The fraction of sp³-hybridized carbons (Fsp3) is 0. The Balaban J connectivity index is 0.992. The van der Waals surface area contributed by atoms with Gasteiger partial charge in [-0.15, -0.1) is 0 Å². The van der Waals surface area contributed by atoms with Crippen LogP contribution < -0.4 is 0 Å². The predicted molar refractivity (Wildman–Crippen MR) is 290 cm³/mol. The van der Waals surface area contributed by atoms with E-state index in [-0.39, 0.29) is 0 Å². The molecule has 0 aliphatic heterocycles. The van der Waals surface area contributed by atoms with E-state index in [0.29, 0.717) is 0 Å². The Hall–Kier alpha value is -8.84. The molecule has 2 aliphatic rings. The highest BCUT2D eigenvalue weighted by atomic mass is 14.4. The van der Waals surface area contributed by atoms with Gasteiger partial charge in [0, 0.05) is 0 Å². The molecule has 0 fully saturated rings. The summed E-state index contributed by atoms with van der Waals surface area (Å²) in [6.07, 6.45) is 0. The van der Waals surface area contributed by atoms with Crippen molar-refractivity contribution in [3.05, 3.63) is 243 Å². The highest BCUT2D eigenvalue weighted by Gasteiger charge is 2.33. The van der Waals surface area contributed by atoms with Gasteiger partial charge < -0.3 is 0 Å². The lowest BCUT2D eigenvalue weighted by Crippen LogP contribution is -1.93. The summed E-state index contributed by atoms with van der Waals surface area (Å²) in [7, 11) is 0. The molecule has 0 aromatic heterocycles. The Morgan fingerprint density at radius 1 is 0.162 bits per heavy atom. The molecule has 0 radical (unpaired) electrons. The van der Waals surface area contributed by atoms with Gasteiger partial charge in [0.2, 0.25) is 0 Å². The summed E-state index contributed by atoms with van der Waals surface area (Å²) in [5, 5.41) is 12.8. The van der Waals surface area contributed by atoms with Crippen molar-refractivity contribution in [3.63, 3.8) is 0 Å². The minimum Gasteiger partial charge on any atom is -0.0622 e. The van der Waals surface area contributed by atoms with Gasteiger partial charge in [0.15, 0.2) is 0 Å². The Kier molecular flexibility index (Phi) is 7.88. The minimum absolute atomic E-state index is 1.23. The average Bonchev–Trinajstić information content (AvgIpc) is 3.93. The lowest BCUT2D eigenvalue weighted by molar-refractivity contribution is 1.60. The molecule has 0 nitrogen and oxygen atoms in total. The summed E-state index contributed by atoms with van der Waals surface area (Å²) in [6, 6.07) is 90.8. The van der Waals surface area contributed by atoms with Gasteiger partial charge in [0.25, 0.3) is 0 Å². The second-order valence-electron chi connectivity index (χ2n) is 18.6. The zero-order chi connectivity index (χ0) is 44.5. The van der Waals surface area contributed by atoms with E-state index in [1.54, 1.807) is 0 Å². The Morgan fingerprint density at radius 2 is 0.544 bits per heavy atom.